The quantitative estimate of drug-likeness (QED) is 0.764. The smallest absolute Gasteiger partial charge is 0.396 e. The molecular weight excluding hydrogens is 343 g/mol. The normalized spacial score (nSPS) is 14.4. The lowest BCUT2D eigenvalue weighted by molar-refractivity contribution is -0.137. The van der Waals surface area contributed by atoms with Gasteiger partial charge >= 0.3 is 6.18 Å². The molecule has 1 aromatic carbocycles. The average Bonchev–Trinajstić information content (AvgIpc) is 3.23. The summed E-state index contributed by atoms with van der Waals surface area (Å²) in [6.45, 7) is 0.336. The molecule has 0 spiro atoms. The standard InChI is InChI=1S/C14H14F3N5O3/c15-14(16,17)9-3-1-4-10(7-9)22-8-24-21-13(22)11-12(20-25-19-11)18-5-2-6-23/h1,3-4,7,23H,2,5-6,8H2,(H,18,20). The van der Waals surface area contributed by atoms with Crippen molar-refractivity contribution in [1.29, 1.82) is 0 Å². The number of hydrogen-bond donors (Lipinski definition) is 2. The van der Waals surface area contributed by atoms with Gasteiger partial charge in [-0.25, -0.2) is 4.63 Å². The molecule has 1 aromatic heterocycles. The van der Waals surface area contributed by atoms with Crippen LogP contribution in [-0.2, 0) is 11.0 Å². The molecule has 25 heavy (non-hydrogen) atoms. The number of alkyl halides is 3. The summed E-state index contributed by atoms with van der Waals surface area (Å²) in [6, 6.07) is 4.79. The Morgan fingerprint density at radius 3 is 2.88 bits per heavy atom. The Morgan fingerprint density at radius 2 is 2.12 bits per heavy atom. The minimum absolute atomic E-state index is 0.00592. The number of nitrogens with zero attached hydrogens (tertiary/aromatic N) is 4. The zero-order chi connectivity index (χ0) is 17.9. The Morgan fingerprint density at radius 1 is 1.28 bits per heavy atom. The highest BCUT2D eigenvalue weighted by Crippen LogP contribution is 2.33. The van der Waals surface area contributed by atoms with Crippen molar-refractivity contribution < 1.29 is 27.7 Å². The summed E-state index contributed by atoms with van der Waals surface area (Å²) in [4.78, 5) is 6.43. The maximum absolute atomic E-state index is 12.9. The lowest BCUT2D eigenvalue weighted by Crippen LogP contribution is -2.29. The molecule has 0 bridgehead atoms. The van der Waals surface area contributed by atoms with Crippen molar-refractivity contribution in [3.8, 4) is 0 Å². The highest BCUT2D eigenvalue weighted by Gasteiger charge is 2.33. The van der Waals surface area contributed by atoms with Crippen LogP contribution in [0.4, 0.5) is 24.7 Å². The Balaban J connectivity index is 1.86. The summed E-state index contributed by atoms with van der Waals surface area (Å²) >= 11 is 0. The maximum Gasteiger partial charge on any atom is 0.416 e. The highest BCUT2D eigenvalue weighted by atomic mass is 19.4. The SMILES string of the molecule is OCCCNc1nonc1C1=NOCN1c1cccc(C(F)(F)F)c1. The van der Waals surface area contributed by atoms with E-state index in [0.29, 0.717) is 13.0 Å². The summed E-state index contributed by atoms with van der Waals surface area (Å²) in [5.74, 6) is 0.432. The Bertz CT molecular complexity index is 762. The molecular formula is C14H14F3N5O3. The third-order valence-corrected chi connectivity index (χ3v) is 3.41. The fourth-order valence-electron chi connectivity index (χ4n) is 2.21. The zero-order valence-electron chi connectivity index (χ0n) is 12.8. The van der Waals surface area contributed by atoms with Crippen molar-refractivity contribution in [2.24, 2.45) is 5.16 Å². The van der Waals surface area contributed by atoms with Crippen LogP contribution < -0.4 is 10.2 Å². The molecule has 0 radical (unpaired) electrons. The Labute approximate surface area is 139 Å². The number of aliphatic hydroxyl groups is 1. The van der Waals surface area contributed by atoms with E-state index in [1.165, 1.54) is 17.0 Å². The van der Waals surface area contributed by atoms with E-state index in [2.05, 4.69) is 25.4 Å². The highest BCUT2D eigenvalue weighted by molar-refractivity contribution is 6.11. The Hall–Kier alpha value is -2.82. The van der Waals surface area contributed by atoms with Gasteiger partial charge in [0, 0.05) is 18.8 Å². The van der Waals surface area contributed by atoms with Crippen molar-refractivity contribution in [2.45, 2.75) is 12.6 Å². The van der Waals surface area contributed by atoms with Gasteiger partial charge < -0.3 is 15.3 Å². The first kappa shape index (κ1) is 17.0. The van der Waals surface area contributed by atoms with Crippen LogP contribution in [0.2, 0.25) is 0 Å². The van der Waals surface area contributed by atoms with E-state index in [1.807, 2.05) is 0 Å². The van der Waals surface area contributed by atoms with Gasteiger partial charge in [0.2, 0.25) is 11.7 Å². The fourth-order valence-corrected chi connectivity index (χ4v) is 2.21. The summed E-state index contributed by atoms with van der Waals surface area (Å²) < 4.78 is 43.4. The minimum atomic E-state index is -4.46. The molecule has 1 aliphatic heterocycles. The van der Waals surface area contributed by atoms with Gasteiger partial charge in [-0.2, -0.15) is 13.2 Å². The Kier molecular flexibility index (Phi) is 4.74. The van der Waals surface area contributed by atoms with Gasteiger partial charge in [0.25, 0.3) is 0 Å². The molecule has 0 fully saturated rings. The van der Waals surface area contributed by atoms with Crippen LogP contribution in [0.3, 0.4) is 0 Å². The lowest BCUT2D eigenvalue weighted by Gasteiger charge is -2.18. The molecule has 11 heteroatoms. The molecule has 1 aliphatic rings. The molecule has 0 amide bonds. The van der Waals surface area contributed by atoms with Crippen LogP contribution >= 0.6 is 0 Å². The molecule has 2 heterocycles. The average molecular weight is 357 g/mol. The number of hydrogen-bond acceptors (Lipinski definition) is 8. The largest absolute Gasteiger partial charge is 0.416 e. The van der Waals surface area contributed by atoms with Gasteiger partial charge in [-0.3, -0.25) is 4.90 Å². The summed E-state index contributed by atoms with van der Waals surface area (Å²) in [7, 11) is 0. The molecule has 8 nitrogen and oxygen atoms in total. The monoisotopic (exact) mass is 357 g/mol. The molecule has 0 saturated carbocycles. The van der Waals surface area contributed by atoms with Crippen LogP contribution in [0, 0.1) is 0 Å². The van der Waals surface area contributed by atoms with Gasteiger partial charge in [-0.15, -0.1) is 0 Å². The molecule has 0 saturated heterocycles. The summed E-state index contributed by atoms with van der Waals surface area (Å²) in [5, 5.41) is 23.0. The third-order valence-electron chi connectivity index (χ3n) is 3.41. The number of nitrogens with one attached hydrogen (secondary N) is 1. The first-order valence-corrected chi connectivity index (χ1v) is 7.33. The number of anilines is 2. The molecule has 2 aromatic rings. The van der Waals surface area contributed by atoms with Gasteiger partial charge in [0.1, 0.15) is 0 Å². The van der Waals surface area contributed by atoms with E-state index in [4.69, 9.17) is 9.94 Å². The first-order chi connectivity index (χ1) is 12.0. The first-order valence-electron chi connectivity index (χ1n) is 7.33. The van der Waals surface area contributed by atoms with Crippen LogP contribution in [0.25, 0.3) is 0 Å². The number of oxime groups is 1. The van der Waals surface area contributed by atoms with Crippen molar-refractivity contribution in [1.82, 2.24) is 10.3 Å². The molecule has 0 unspecified atom stereocenters. The van der Waals surface area contributed by atoms with Crippen molar-refractivity contribution in [3.63, 3.8) is 0 Å². The fraction of sp³-hybridized carbons (Fsp3) is 0.357. The summed E-state index contributed by atoms with van der Waals surface area (Å²) in [6.07, 6.45) is -3.98. The summed E-state index contributed by atoms with van der Waals surface area (Å²) in [5.41, 5.74) is -0.334. The van der Waals surface area contributed by atoms with E-state index in [9.17, 15) is 13.2 Å². The zero-order valence-corrected chi connectivity index (χ0v) is 12.8. The van der Waals surface area contributed by atoms with E-state index < -0.39 is 11.7 Å². The van der Waals surface area contributed by atoms with Gasteiger partial charge in [-0.1, -0.05) is 11.2 Å². The predicted octanol–water partition coefficient (Wildman–Crippen LogP) is 2.04. The van der Waals surface area contributed by atoms with Crippen molar-refractivity contribution in [3.05, 3.63) is 35.5 Å². The van der Waals surface area contributed by atoms with E-state index in [-0.39, 0.29) is 36.4 Å². The lowest BCUT2D eigenvalue weighted by atomic mass is 10.1. The van der Waals surface area contributed by atoms with E-state index >= 15 is 0 Å². The topological polar surface area (TPSA) is 96.0 Å². The van der Waals surface area contributed by atoms with Gasteiger partial charge in [0.15, 0.2) is 12.4 Å². The molecule has 3 rings (SSSR count). The number of benzene rings is 1. The number of rotatable bonds is 6. The number of aliphatic hydroxyl groups excluding tert-OH is 1. The third kappa shape index (κ3) is 3.65. The van der Waals surface area contributed by atoms with Crippen molar-refractivity contribution >= 4 is 17.3 Å². The van der Waals surface area contributed by atoms with E-state index in [1.54, 1.807) is 0 Å². The van der Waals surface area contributed by atoms with Crippen molar-refractivity contribution in [2.75, 3.05) is 30.1 Å². The maximum atomic E-state index is 12.9. The molecule has 2 N–H and O–H groups in total. The number of amidine groups is 1. The second-order valence-corrected chi connectivity index (χ2v) is 5.11. The molecule has 0 atom stereocenters. The minimum Gasteiger partial charge on any atom is -0.396 e. The van der Waals surface area contributed by atoms with Crippen LogP contribution in [0.15, 0.2) is 34.1 Å². The second kappa shape index (κ2) is 6.97. The number of aromatic nitrogens is 2. The van der Waals surface area contributed by atoms with E-state index in [0.717, 1.165) is 12.1 Å². The number of halogens is 3. The van der Waals surface area contributed by atoms with Gasteiger partial charge in [-0.05, 0) is 34.9 Å². The van der Waals surface area contributed by atoms with Crippen LogP contribution in [-0.4, -0.2) is 41.1 Å². The van der Waals surface area contributed by atoms with Crippen LogP contribution in [0.1, 0.15) is 17.7 Å². The van der Waals surface area contributed by atoms with Gasteiger partial charge in [0.05, 0.1) is 5.56 Å². The molecule has 134 valence electrons. The van der Waals surface area contributed by atoms with Crippen LogP contribution in [0.5, 0.6) is 0 Å². The molecule has 0 aliphatic carbocycles. The second-order valence-electron chi connectivity index (χ2n) is 5.11. The predicted molar refractivity (Wildman–Crippen MR) is 80.9 cm³/mol.